The van der Waals surface area contributed by atoms with Crippen LogP contribution in [0.2, 0.25) is 0 Å². The van der Waals surface area contributed by atoms with Crippen LogP contribution in [0, 0.1) is 56.2 Å². The second-order valence-electron chi connectivity index (χ2n) is 15.0. The largest absolute Gasteiger partial charge is 0.481 e. The Bertz CT molecular complexity index is 880. The van der Waals surface area contributed by atoms with Gasteiger partial charge in [0.2, 0.25) is 0 Å². The maximum atomic E-state index is 12.7. The fourth-order valence-electron chi connectivity index (χ4n) is 11.2. The third-order valence-electron chi connectivity index (χ3n) is 14.0. The second kappa shape index (κ2) is 6.88. The maximum absolute atomic E-state index is 12.7. The Hall–Kier alpha value is -0.860. The molecule has 33 heavy (non-hydrogen) atoms. The smallest absolute Gasteiger partial charge is 0.309 e. The van der Waals surface area contributed by atoms with Crippen molar-refractivity contribution in [1.29, 1.82) is 0 Å². The third-order valence-corrected chi connectivity index (χ3v) is 14.0. The molecule has 10 atom stereocenters. The van der Waals surface area contributed by atoms with Gasteiger partial charge in [0.15, 0.2) is 0 Å². The van der Waals surface area contributed by atoms with Gasteiger partial charge in [-0.05, 0) is 116 Å². The van der Waals surface area contributed by atoms with E-state index >= 15 is 0 Å². The van der Waals surface area contributed by atoms with Crippen LogP contribution in [-0.2, 0) is 9.59 Å². The molecule has 5 aliphatic carbocycles. The maximum Gasteiger partial charge on any atom is 0.309 e. The van der Waals surface area contributed by atoms with Gasteiger partial charge in [0.1, 0.15) is 5.78 Å². The van der Waals surface area contributed by atoms with E-state index in [0.717, 1.165) is 32.1 Å². The van der Waals surface area contributed by atoms with Gasteiger partial charge in [0, 0.05) is 12.3 Å². The first-order valence-electron chi connectivity index (χ1n) is 13.9. The number of carboxylic acid groups (broad SMARTS) is 1. The van der Waals surface area contributed by atoms with Gasteiger partial charge in [-0.25, -0.2) is 0 Å². The first-order chi connectivity index (χ1) is 15.2. The van der Waals surface area contributed by atoms with E-state index in [9.17, 15) is 14.7 Å². The predicted octanol–water partition coefficient (Wildman–Crippen LogP) is 7.52. The fourth-order valence-corrected chi connectivity index (χ4v) is 11.2. The van der Waals surface area contributed by atoms with Crippen molar-refractivity contribution in [2.24, 2.45) is 56.2 Å². The number of carbonyl (C=O) groups is 2. The molecule has 1 N–H and O–H groups in total. The van der Waals surface area contributed by atoms with Crippen LogP contribution in [0.4, 0.5) is 0 Å². The zero-order valence-electron chi connectivity index (χ0n) is 22.4. The number of aliphatic carboxylic acids is 1. The molecule has 0 aromatic carbocycles. The van der Waals surface area contributed by atoms with Gasteiger partial charge in [0.05, 0.1) is 5.41 Å². The summed E-state index contributed by atoms with van der Waals surface area (Å²) in [5.41, 5.74) is 0.621. The van der Waals surface area contributed by atoms with Gasteiger partial charge in [-0.2, -0.15) is 0 Å². The fraction of sp³-hybridized carbons (Fsp3) is 0.933. The molecule has 3 heteroatoms. The average Bonchev–Trinajstić information content (AvgIpc) is 2.74. The molecule has 3 nitrogen and oxygen atoms in total. The highest BCUT2D eigenvalue weighted by Crippen LogP contribution is 2.78. The highest BCUT2D eigenvalue weighted by Gasteiger charge is 2.71. The van der Waals surface area contributed by atoms with Crippen LogP contribution in [-0.4, -0.2) is 16.9 Å². The van der Waals surface area contributed by atoms with Gasteiger partial charge in [0.25, 0.3) is 0 Å². The lowest BCUT2D eigenvalue weighted by Crippen LogP contribution is -2.68. The van der Waals surface area contributed by atoms with E-state index in [1.165, 1.54) is 38.5 Å². The Balaban J connectivity index is 1.54. The van der Waals surface area contributed by atoms with Crippen molar-refractivity contribution in [3.05, 3.63) is 0 Å². The molecule has 0 amide bonds. The topological polar surface area (TPSA) is 54.4 Å². The summed E-state index contributed by atoms with van der Waals surface area (Å²) in [4.78, 5) is 25.0. The number of carbonyl (C=O) groups excluding carboxylic acids is 1. The number of fused-ring (bicyclic) bond motifs is 7. The van der Waals surface area contributed by atoms with Crippen molar-refractivity contribution >= 4 is 11.8 Å². The van der Waals surface area contributed by atoms with Crippen molar-refractivity contribution in [3.8, 4) is 0 Å². The van der Waals surface area contributed by atoms with E-state index < -0.39 is 11.4 Å². The zero-order chi connectivity index (χ0) is 24.2. The second-order valence-corrected chi connectivity index (χ2v) is 15.0. The van der Waals surface area contributed by atoms with Crippen molar-refractivity contribution in [2.45, 2.75) is 119 Å². The minimum Gasteiger partial charge on any atom is -0.481 e. The van der Waals surface area contributed by atoms with Crippen LogP contribution < -0.4 is 0 Å². The molecule has 186 valence electrons. The number of Topliss-reactive ketones (excluding diaryl/α,β-unsaturated/α-hetero) is 1. The first-order valence-corrected chi connectivity index (χ1v) is 13.9. The third kappa shape index (κ3) is 2.80. The van der Waals surface area contributed by atoms with Crippen LogP contribution in [0.3, 0.4) is 0 Å². The summed E-state index contributed by atoms with van der Waals surface area (Å²) < 4.78 is 0. The highest BCUT2D eigenvalue weighted by atomic mass is 16.4. The Morgan fingerprint density at radius 3 is 2.03 bits per heavy atom. The normalized spacial score (nSPS) is 58.5. The molecule has 0 bridgehead atoms. The van der Waals surface area contributed by atoms with E-state index in [1.54, 1.807) is 0 Å². The number of hydrogen-bond acceptors (Lipinski definition) is 2. The van der Waals surface area contributed by atoms with E-state index in [-0.39, 0.29) is 27.6 Å². The number of ketones is 1. The van der Waals surface area contributed by atoms with Gasteiger partial charge in [-0.3, -0.25) is 9.59 Å². The Kier molecular flexibility index (Phi) is 4.97. The lowest BCUT2D eigenvalue weighted by molar-refractivity contribution is -0.257. The SMILES string of the molecule is C[C@H]1C(=O)CC[C@@H]2[C@]1(C)CC[C@H]1[C@@]2(C)CC[C@@]2(C)[C@@H]3C[C@@](C)(C(=O)O)CC[C@]3(C)CC[C@]12C. The summed E-state index contributed by atoms with van der Waals surface area (Å²) in [6, 6.07) is 0. The summed E-state index contributed by atoms with van der Waals surface area (Å²) in [6.07, 6.45) is 12.0. The van der Waals surface area contributed by atoms with E-state index in [4.69, 9.17) is 0 Å². The number of carboxylic acids is 1. The molecule has 0 unspecified atom stereocenters. The molecule has 5 rings (SSSR count). The van der Waals surface area contributed by atoms with Crippen LogP contribution in [0.25, 0.3) is 0 Å². The minimum atomic E-state index is -0.588. The molecule has 0 aromatic heterocycles. The van der Waals surface area contributed by atoms with Crippen molar-refractivity contribution in [2.75, 3.05) is 0 Å². The molecule has 0 radical (unpaired) electrons. The van der Waals surface area contributed by atoms with E-state index in [1.807, 2.05) is 6.92 Å². The lowest BCUT2D eigenvalue weighted by Gasteiger charge is -2.74. The van der Waals surface area contributed by atoms with Crippen LogP contribution in [0.15, 0.2) is 0 Å². The summed E-state index contributed by atoms with van der Waals surface area (Å²) >= 11 is 0. The number of hydrogen-bond donors (Lipinski definition) is 1. The molecule has 0 heterocycles. The summed E-state index contributed by atoms with van der Waals surface area (Å²) in [5, 5.41) is 10.1. The molecular formula is C30H48O3. The van der Waals surface area contributed by atoms with Crippen LogP contribution >= 0.6 is 0 Å². The quantitative estimate of drug-likeness (QED) is 0.444. The molecule has 0 spiro atoms. The Labute approximate surface area is 201 Å². The summed E-state index contributed by atoms with van der Waals surface area (Å²) in [5.74, 6) is 1.91. The average molecular weight is 457 g/mol. The van der Waals surface area contributed by atoms with Crippen LogP contribution in [0.1, 0.15) is 119 Å². The standard InChI is InChI=1S/C30H48O3/c1-19-20(31)8-9-21-27(19,4)11-10-22-28(21,5)15-17-30(7)23-18-26(3,24(32)33)13-12-25(23,2)14-16-29(22,30)6/h19,21-23H,8-18H2,1-7H3,(H,32,33)/t19-,21+,22-,23+,25+,26-,27+,28-,29+,30-/m0/s1. The number of rotatable bonds is 1. The molecule has 5 fully saturated rings. The Morgan fingerprint density at radius 2 is 1.36 bits per heavy atom. The minimum absolute atomic E-state index is 0.153. The predicted molar refractivity (Wildman–Crippen MR) is 132 cm³/mol. The molecule has 0 saturated heterocycles. The van der Waals surface area contributed by atoms with Crippen LogP contribution in [0.5, 0.6) is 0 Å². The molecule has 0 aromatic rings. The highest BCUT2D eigenvalue weighted by molar-refractivity contribution is 5.82. The van der Waals surface area contributed by atoms with Crippen molar-refractivity contribution in [3.63, 3.8) is 0 Å². The van der Waals surface area contributed by atoms with Crippen molar-refractivity contribution in [1.82, 2.24) is 0 Å². The van der Waals surface area contributed by atoms with Gasteiger partial charge < -0.3 is 5.11 Å². The molecule has 0 aliphatic heterocycles. The first kappa shape index (κ1) is 23.9. The van der Waals surface area contributed by atoms with Crippen molar-refractivity contribution < 1.29 is 14.7 Å². The van der Waals surface area contributed by atoms with Gasteiger partial charge >= 0.3 is 5.97 Å². The summed E-state index contributed by atoms with van der Waals surface area (Å²) in [7, 11) is 0. The van der Waals surface area contributed by atoms with E-state index in [0.29, 0.717) is 29.0 Å². The van der Waals surface area contributed by atoms with Gasteiger partial charge in [-0.1, -0.05) is 41.5 Å². The monoisotopic (exact) mass is 456 g/mol. The Morgan fingerprint density at radius 1 is 0.758 bits per heavy atom. The van der Waals surface area contributed by atoms with E-state index in [2.05, 4.69) is 41.5 Å². The summed E-state index contributed by atoms with van der Waals surface area (Å²) in [6.45, 7) is 16.9. The molecular weight excluding hydrogens is 408 g/mol. The molecule has 5 aliphatic rings. The lowest BCUT2D eigenvalue weighted by atomic mass is 9.30. The van der Waals surface area contributed by atoms with Gasteiger partial charge in [-0.15, -0.1) is 0 Å². The molecule has 5 saturated carbocycles. The zero-order valence-corrected chi connectivity index (χ0v) is 22.4.